The van der Waals surface area contributed by atoms with Crippen molar-refractivity contribution in [3.8, 4) is 0 Å². The monoisotopic (exact) mass is 274 g/mol. The molecule has 1 saturated heterocycles. The Hall–Kier alpha value is -1.75. The summed E-state index contributed by atoms with van der Waals surface area (Å²) in [6.45, 7) is 5.73. The number of anilines is 1. The molecule has 0 aliphatic carbocycles. The summed E-state index contributed by atoms with van der Waals surface area (Å²) in [5.41, 5.74) is 2.35. The Morgan fingerprint density at radius 1 is 1.50 bits per heavy atom. The lowest BCUT2D eigenvalue weighted by molar-refractivity contribution is 0.0940. The molecule has 0 spiro atoms. The molecule has 1 unspecified atom stereocenters. The Kier molecular flexibility index (Phi) is 4.06. The van der Waals surface area contributed by atoms with Gasteiger partial charge in [-0.25, -0.2) is 0 Å². The lowest BCUT2D eigenvalue weighted by atomic mass is 10.2. The van der Waals surface area contributed by atoms with Crippen molar-refractivity contribution < 1.29 is 4.74 Å². The van der Waals surface area contributed by atoms with Gasteiger partial charge in [0.15, 0.2) is 0 Å². The van der Waals surface area contributed by atoms with Gasteiger partial charge in [0.1, 0.15) is 0 Å². The fourth-order valence-corrected chi connectivity index (χ4v) is 2.66. The lowest BCUT2D eigenvalue weighted by Crippen LogP contribution is -2.15. The maximum Gasteiger partial charge on any atom is 0.0771 e. The van der Waals surface area contributed by atoms with Gasteiger partial charge >= 0.3 is 0 Å². The van der Waals surface area contributed by atoms with Crippen molar-refractivity contribution in [3.63, 3.8) is 0 Å². The average molecular weight is 274 g/mol. The molecule has 1 aliphatic rings. The molecule has 20 heavy (non-hydrogen) atoms. The van der Waals surface area contributed by atoms with E-state index in [1.165, 1.54) is 12.1 Å². The number of nitrogens with one attached hydrogen (secondary N) is 1. The molecule has 0 bridgehead atoms. The van der Waals surface area contributed by atoms with Crippen LogP contribution < -0.4 is 5.32 Å². The van der Waals surface area contributed by atoms with E-state index < -0.39 is 0 Å². The molecule has 5 nitrogen and oxygen atoms in total. The van der Waals surface area contributed by atoms with Crippen LogP contribution in [-0.4, -0.2) is 27.1 Å². The first kappa shape index (κ1) is 13.2. The van der Waals surface area contributed by atoms with Crippen LogP contribution in [0.4, 0.5) is 5.69 Å². The quantitative estimate of drug-likeness (QED) is 0.880. The highest BCUT2D eigenvalue weighted by Crippen LogP contribution is 2.15. The topological polar surface area (TPSA) is 44.0 Å². The fraction of sp³-hybridized carbons (Fsp3) is 0.533. The standard InChI is InChI=1S/C15H22N4O/c1-2-18-7-3-5-14(18)10-16-13-9-17-19(11-13)12-15-6-4-8-20-15/h3,5,7,9,11,15-16H,2,4,6,8,10,12H2,1H3. The first-order chi connectivity index (χ1) is 9.85. The Bertz CT molecular complexity index is 540. The molecule has 1 aliphatic heterocycles. The van der Waals surface area contributed by atoms with Crippen LogP contribution in [0.2, 0.25) is 0 Å². The van der Waals surface area contributed by atoms with Crippen molar-refractivity contribution in [2.24, 2.45) is 0 Å². The van der Waals surface area contributed by atoms with Gasteiger partial charge in [0, 0.05) is 31.2 Å². The highest BCUT2D eigenvalue weighted by Gasteiger charge is 2.16. The van der Waals surface area contributed by atoms with Gasteiger partial charge < -0.3 is 14.6 Å². The van der Waals surface area contributed by atoms with E-state index in [0.717, 1.165) is 38.3 Å². The first-order valence-corrected chi connectivity index (χ1v) is 7.37. The van der Waals surface area contributed by atoms with Gasteiger partial charge in [-0.15, -0.1) is 0 Å². The number of aryl methyl sites for hydroxylation is 1. The molecule has 0 amide bonds. The highest BCUT2D eigenvalue weighted by atomic mass is 16.5. The molecule has 2 aromatic heterocycles. The number of ether oxygens (including phenoxy) is 1. The zero-order valence-electron chi connectivity index (χ0n) is 12.0. The van der Waals surface area contributed by atoms with Crippen molar-refractivity contribution in [2.45, 2.75) is 45.5 Å². The molecule has 1 atom stereocenters. The minimum atomic E-state index is 0.333. The van der Waals surface area contributed by atoms with Crippen molar-refractivity contribution in [1.82, 2.24) is 14.3 Å². The third kappa shape index (κ3) is 3.04. The van der Waals surface area contributed by atoms with Crippen LogP contribution in [-0.2, 0) is 24.4 Å². The van der Waals surface area contributed by atoms with Gasteiger partial charge in [0.05, 0.1) is 31.1 Å². The summed E-state index contributed by atoms with van der Waals surface area (Å²) in [6, 6.07) is 4.23. The summed E-state index contributed by atoms with van der Waals surface area (Å²) in [6.07, 6.45) is 8.70. The number of hydrogen-bond donors (Lipinski definition) is 1. The summed E-state index contributed by atoms with van der Waals surface area (Å²) in [4.78, 5) is 0. The number of rotatable bonds is 6. The van der Waals surface area contributed by atoms with Gasteiger partial charge in [0.25, 0.3) is 0 Å². The Balaban J connectivity index is 1.54. The van der Waals surface area contributed by atoms with Crippen LogP contribution in [0.25, 0.3) is 0 Å². The second-order valence-electron chi connectivity index (χ2n) is 5.23. The second-order valence-corrected chi connectivity index (χ2v) is 5.23. The molecule has 0 radical (unpaired) electrons. The fourth-order valence-electron chi connectivity index (χ4n) is 2.66. The van der Waals surface area contributed by atoms with E-state index in [2.05, 4.69) is 46.4 Å². The molecule has 0 aromatic carbocycles. The molecule has 5 heteroatoms. The Labute approximate surface area is 119 Å². The predicted molar refractivity (Wildman–Crippen MR) is 78.6 cm³/mol. The third-order valence-electron chi connectivity index (χ3n) is 3.79. The van der Waals surface area contributed by atoms with E-state index in [1.54, 1.807) is 0 Å². The van der Waals surface area contributed by atoms with E-state index >= 15 is 0 Å². The van der Waals surface area contributed by atoms with E-state index in [1.807, 2.05) is 10.9 Å². The number of aromatic nitrogens is 3. The van der Waals surface area contributed by atoms with Crippen LogP contribution in [0.15, 0.2) is 30.7 Å². The maximum atomic E-state index is 5.63. The zero-order chi connectivity index (χ0) is 13.8. The van der Waals surface area contributed by atoms with E-state index in [-0.39, 0.29) is 0 Å². The van der Waals surface area contributed by atoms with Gasteiger partial charge in [-0.1, -0.05) is 0 Å². The molecule has 1 fully saturated rings. The molecule has 0 saturated carbocycles. The SMILES string of the molecule is CCn1cccc1CNc1cnn(CC2CCCO2)c1. The highest BCUT2D eigenvalue weighted by molar-refractivity contribution is 5.38. The molecular formula is C15H22N4O. The van der Waals surface area contributed by atoms with E-state index in [9.17, 15) is 0 Å². The van der Waals surface area contributed by atoms with Crippen molar-refractivity contribution in [1.29, 1.82) is 0 Å². The summed E-state index contributed by atoms with van der Waals surface area (Å²) in [7, 11) is 0. The van der Waals surface area contributed by atoms with Crippen molar-refractivity contribution in [2.75, 3.05) is 11.9 Å². The molecule has 3 rings (SSSR count). The van der Waals surface area contributed by atoms with Gasteiger partial charge in [-0.2, -0.15) is 5.10 Å². The zero-order valence-corrected chi connectivity index (χ0v) is 12.0. The normalized spacial score (nSPS) is 18.6. The molecule has 2 aromatic rings. The first-order valence-electron chi connectivity index (χ1n) is 7.37. The number of nitrogens with zero attached hydrogens (tertiary/aromatic N) is 3. The average Bonchev–Trinajstić information content (AvgIpc) is 3.18. The van der Waals surface area contributed by atoms with Crippen LogP contribution >= 0.6 is 0 Å². The predicted octanol–water partition coefficient (Wildman–Crippen LogP) is 2.50. The summed E-state index contributed by atoms with van der Waals surface area (Å²) >= 11 is 0. The van der Waals surface area contributed by atoms with Crippen LogP contribution in [0.5, 0.6) is 0 Å². The van der Waals surface area contributed by atoms with Crippen LogP contribution in [0, 0.1) is 0 Å². The van der Waals surface area contributed by atoms with Crippen LogP contribution in [0.1, 0.15) is 25.5 Å². The minimum absolute atomic E-state index is 0.333. The van der Waals surface area contributed by atoms with Gasteiger partial charge in [-0.05, 0) is 31.9 Å². The summed E-state index contributed by atoms with van der Waals surface area (Å²) in [5, 5.41) is 7.81. The lowest BCUT2D eigenvalue weighted by Gasteiger charge is -2.09. The molecular weight excluding hydrogens is 252 g/mol. The maximum absolute atomic E-state index is 5.63. The summed E-state index contributed by atoms with van der Waals surface area (Å²) < 4.78 is 9.84. The van der Waals surface area contributed by atoms with E-state index in [4.69, 9.17) is 4.74 Å². The Morgan fingerprint density at radius 2 is 2.45 bits per heavy atom. The largest absolute Gasteiger partial charge is 0.377 e. The van der Waals surface area contributed by atoms with Crippen molar-refractivity contribution >= 4 is 5.69 Å². The van der Waals surface area contributed by atoms with Gasteiger partial charge in [0.2, 0.25) is 0 Å². The van der Waals surface area contributed by atoms with E-state index in [0.29, 0.717) is 6.10 Å². The van der Waals surface area contributed by atoms with Gasteiger partial charge in [-0.3, -0.25) is 4.68 Å². The molecule has 108 valence electrons. The third-order valence-corrected chi connectivity index (χ3v) is 3.79. The molecule has 3 heterocycles. The Morgan fingerprint density at radius 3 is 3.25 bits per heavy atom. The summed E-state index contributed by atoms with van der Waals surface area (Å²) in [5.74, 6) is 0. The van der Waals surface area contributed by atoms with Crippen molar-refractivity contribution in [3.05, 3.63) is 36.4 Å². The number of hydrogen-bond acceptors (Lipinski definition) is 3. The molecule has 1 N–H and O–H groups in total. The van der Waals surface area contributed by atoms with Crippen LogP contribution in [0.3, 0.4) is 0 Å². The smallest absolute Gasteiger partial charge is 0.0771 e. The second kappa shape index (κ2) is 6.13. The minimum Gasteiger partial charge on any atom is -0.377 e.